The van der Waals surface area contributed by atoms with E-state index >= 15 is 0 Å². The highest BCUT2D eigenvalue weighted by molar-refractivity contribution is 6.24. The quantitative estimate of drug-likeness (QED) is 0.173. The van der Waals surface area contributed by atoms with Crippen molar-refractivity contribution in [3.05, 3.63) is 226 Å². The Morgan fingerprint density at radius 1 is 0.237 bits per heavy atom. The molecule has 0 N–H and O–H groups in total. The molecule has 17 rings (SSSR count). The third-order valence-corrected chi connectivity index (χ3v) is 19.4. The van der Waals surface area contributed by atoms with Gasteiger partial charge in [-0.15, -0.1) is 0 Å². The van der Waals surface area contributed by atoms with Crippen molar-refractivity contribution in [3.8, 4) is 66.8 Å². The van der Waals surface area contributed by atoms with E-state index in [1.165, 1.54) is 138 Å². The van der Waals surface area contributed by atoms with E-state index in [0.717, 1.165) is 38.7 Å². The van der Waals surface area contributed by atoms with Crippen LogP contribution in [0, 0.1) is 0 Å². The van der Waals surface area contributed by atoms with Crippen molar-refractivity contribution < 1.29 is 8.83 Å². The predicted molar refractivity (Wildman–Crippen MR) is 317 cm³/mol. The lowest BCUT2D eigenvalue weighted by molar-refractivity contribution is 0.649. The largest absolute Gasteiger partial charge is 0.455 e. The van der Waals surface area contributed by atoms with E-state index in [9.17, 15) is 0 Å². The Bertz CT molecular complexity index is 4860. The molecule has 4 aliphatic carbocycles. The van der Waals surface area contributed by atoms with Crippen molar-refractivity contribution in [2.24, 2.45) is 0 Å². The van der Waals surface area contributed by atoms with Crippen LogP contribution < -0.4 is 0 Å². The lowest BCUT2D eigenvalue weighted by atomic mass is 9.78. The van der Waals surface area contributed by atoms with E-state index in [2.05, 4.69) is 237 Å². The van der Waals surface area contributed by atoms with Gasteiger partial charge in [0.25, 0.3) is 0 Å². The normalized spacial score (nSPS) is 16.3. The summed E-state index contributed by atoms with van der Waals surface area (Å²) < 4.78 is 14.5. The fraction of sp³-hybridized carbons (Fsp3) is 0.162. The van der Waals surface area contributed by atoms with Crippen molar-refractivity contribution in [3.63, 3.8) is 0 Å². The van der Waals surface area contributed by atoms with Gasteiger partial charge in [0.15, 0.2) is 0 Å². The maximum absolute atomic E-state index is 7.29. The smallest absolute Gasteiger partial charge is 0.144 e. The Morgan fingerprint density at radius 3 is 1.14 bits per heavy atom. The predicted octanol–water partition coefficient (Wildman–Crippen LogP) is 20.4. The first kappa shape index (κ1) is 42.8. The minimum atomic E-state index is -0.359. The van der Waals surface area contributed by atoms with Crippen LogP contribution in [0.2, 0.25) is 0 Å². The molecular weight excluding hydrogens is 921 g/mol. The number of fused-ring (bicyclic) bond motifs is 24. The van der Waals surface area contributed by atoms with Crippen LogP contribution in [0.3, 0.4) is 0 Å². The van der Waals surface area contributed by atoms with Crippen molar-refractivity contribution in [2.45, 2.75) is 77.0 Å². The van der Waals surface area contributed by atoms with Crippen LogP contribution in [0.1, 0.15) is 99.9 Å². The van der Waals surface area contributed by atoms with Crippen molar-refractivity contribution in [2.75, 3.05) is 0 Å². The first-order valence-electron chi connectivity index (χ1n) is 27.2. The monoisotopic (exact) mass is 974 g/mol. The Balaban J connectivity index is 0.924. The molecule has 2 heteroatoms. The summed E-state index contributed by atoms with van der Waals surface area (Å²) in [7, 11) is 0. The molecule has 0 atom stereocenters. The first-order valence-corrected chi connectivity index (χ1v) is 27.2. The van der Waals surface area contributed by atoms with E-state index in [1.807, 2.05) is 0 Å². The SMILES string of the molecule is CC1(C)c2ccccc2-c2c1cc(-c1cc3c(c4c1oc1ccccc14)-c1cc4c(cc1C3(C)C)-c1c(cc(-c3cc5c(c6ccccc36)-c3ccccc3C5(C)C)c3c1oc1ccccc13)C4(C)C)c1ccccc21. The zero-order valence-electron chi connectivity index (χ0n) is 44.1. The highest BCUT2D eigenvalue weighted by atomic mass is 16.3. The standard InChI is InChI=1S/C74H54O2/c1-71(2)53-29-17-13-25-43(53)63-41-23-11-9-21-39(41)47(33-57(63)71)49-35-60-67(70-65(49)45-27-15-19-31-61(45)76-70)52-38-55-51(37-56(52)74(60,7)8)66-59(73(55,5)6)36-50(69-68(66)46-28-16-20-32-62(46)75-69)48-34-58-64(42-24-12-10-22-40(42)48)44-26-14-18-30-54(44)72(58,3)4/h9-38H,1-8H3. The van der Waals surface area contributed by atoms with Crippen LogP contribution in [0.5, 0.6) is 0 Å². The molecule has 0 bridgehead atoms. The maximum Gasteiger partial charge on any atom is 0.144 e. The third-order valence-electron chi connectivity index (χ3n) is 19.4. The van der Waals surface area contributed by atoms with E-state index in [0.29, 0.717) is 0 Å². The summed E-state index contributed by atoms with van der Waals surface area (Å²) in [5.74, 6) is 0. The Hall–Kier alpha value is -8.46. The molecule has 2 heterocycles. The Kier molecular flexibility index (Phi) is 7.82. The van der Waals surface area contributed by atoms with Gasteiger partial charge in [0.2, 0.25) is 0 Å². The molecule has 76 heavy (non-hydrogen) atoms. The van der Waals surface area contributed by atoms with Crippen LogP contribution in [0.25, 0.3) is 132 Å². The molecule has 0 spiro atoms. The third kappa shape index (κ3) is 5.01. The Morgan fingerprint density at radius 2 is 0.592 bits per heavy atom. The van der Waals surface area contributed by atoms with Crippen LogP contribution in [-0.4, -0.2) is 0 Å². The zero-order valence-corrected chi connectivity index (χ0v) is 44.1. The van der Waals surface area contributed by atoms with Crippen LogP contribution in [-0.2, 0) is 21.7 Å². The van der Waals surface area contributed by atoms with Gasteiger partial charge in [-0.25, -0.2) is 0 Å². The van der Waals surface area contributed by atoms with Crippen LogP contribution >= 0.6 is 0 Å². The minimum Gasteiger partial charge on any atom is -0.455 e. The van der Waals surface area contributed by atoms with E-state index in [-0.39, 0.29) is 21.7 Å². The fourth-order valence-corrected chi connectivity index (χ4v) is 15.6. The number of hydrogen-bond donors (Lipinski definition) is 0. The molecule has 0 amide bonds. The average molecular weight is 975 g/mol. The molecule has 0 saturated carbocycles. The average Bonchev–Trinajstić information content (AvgIpc) is 4.43. The minimum absolute atomic E-state index is 0.164. The number of benzene rings is 11. The van der Waals surface area contributed by atoms with Gasteiger partial charge < -0.3 is 8.83 Å². The number of hydrogen-bond acceptors (Lipinski definition) is 2. The van der Waals surface area contributed by atoms with Gasteiger partial charge in [-0.2, -0.15) is 0 Å². The molecule has 362 valence electrons. The second-order valence-corrected chi connectivity index (χ2v) is 24.6. The van der Waals surface area contributed by atoms with E-state index in [4.69, 9.17) is 8.83 Å². The second kappa shape index (κ2) is 13.9. The molecule has 2 nitrogen and oxygen atoms in total. The van der Waals surface area contributed by atoms with E-state index in [1.54, 1.807) is 0 Å². The van der Waals surface area contributed by atoms with Crippen LogP contribution in [0.15, 0.2) is 191 Å². The molecule has 2 aromatic heterocycles. The van der Waals surface area contributed by atoms with Gasteiger partial charge in [0, 0.05) is 54.3 Å². The van der Waals surface area contributed by atoms with Gasteiger partial charge >= 0.3 is 0 Å². The molecular formula is C74H54O2. The van der Waals surface area contributed by atoms with Gasteiger partial charge in [0.05, 0.1) is 0 Å². The van der Waals surface area contributed by atoms with Crippen molar-refractivity contribution in [1.82, 2.24) is 0 Å². The van der Waals surface area contributed by atoms with E-state index < -0.39 is 0 Å². The highest BCUT2D eigenvalue weighted by Gasteiger charge is 2.46. The summed E-state index contributed by atoms with van der Waals surface area (Å²) in [6.07, 6.45) is 0. The molecule has 0 aliphatic heterocycles. The lowest BCUT2D eigenvalue weighted by Crippen LogP contribution is -2.17. The summed E-state index contributed by atoms with van der Waals surface area (Å²) in [5, 5.41) is 9.79. The molecule has 11 aromatic carbocycles. The molecule has 4 aliphatic rings. The molecule has 0 unspecified atom stereocenters. The zero-order chi connectivity index (χ0) is 51.1. The molecule has 0 radical (unpaired) electrons. The second-order valence-electron chi connectivity index (χ2n) is 24.6. The first-order chi connectivity index (χ1) is 36.7. The Labute approximate surface area is 442 Å². The van der Waals surface area contributed by atoms with Gasteiger partial charge in [-0.05, 0) is 170 Å². The molecule has 0 saturated heterocycles. The maximum atomic E-state index is 7.29. The van der Waals surface area contributed by atoms with Gasteiger partial charge in [-0.3, -0.25) is 0 Å². The van der Waals surface area contributed by atoms with Gasteiger partial charge in [-0.1, -0.05) is 189 Å². The van der Waals surface area contributed by atoms with Gasteiger partial charge in [0.1, 0.15) is 22.3 Å². The summed E-state index contributed by atoms with van der Waals surface area (Å²) in [5.41, 5.74) is 28.9. The fourth-order valence-electron chi connectivity index (χ4n) is 15.6. The van der Waals surface area contributed by atoms with Crippen molar-refractivity contribution >= 4 is 65.4 Å². The highest BCUT2D eigenvalue weighted by Crippen LogP contribution is 2.63. The summed E-state index contributed by atoms with van der Waals surface area (Å²) in [6.45, 7) is 19.4. The van der Waals surface area contributed by atoms with Crippen LogP contribution in [0.4, 0.5) is 0 Å². The molecule has 0 fully saturated rings. The van der Waals surface area contributed by atoms with Crippen molar-refractivity contribution in [1.29, 1.82) is 0 Å². The number of furan rings is 2. The summed E-state index contributed by atoms with van der Waals surface area (Å²) in [4.78, 5) is 0. The number of para-hydroxylation sites is 2. The topological polar surface area (TPSA) is 26.3 Å². The lowest BCUT2D eigenvalue weighted by Gasteiger charge is -2.25. The summed E-state index contributed by atoms with van der Waals surface area (Å²) >= 11 is 0. The number of rotatable bonds is 2. The summed E-state index contributed by atoms with van der Waals surface area (Å²) in [6, 6.07) is 68.8. The molecule has 13 aromatic rings.